The molecular weight excluding hydrogens is 270 g/mol. The third-order valence-corrected chi connectivity index (χ3v) is 3.82. The Morgan fingerprint density at radius 1 is 1.38 bits per heavy atom. The molecule has 21 heavy (non-hydrogen) atoms. The monoisotopic (exact) mass is 294 g/mol. The zero-order valence-corrected chi connectivity index (χ0v) is 13.1. The quantitative estimate of drug-likeness (QED) is 0.695. The van der Waals surface area contributed by atoms with Crippen LogP contribution in [0.3, 0.4) is 0 Å². The minimum absolute atomic E-state index is 0.0313. The first-order valence-corrected chi connectivity index (χ1v) is 7.21. The van der Waals surface area contributed by atoms with Crippen LogP contribution < -0.4 is 15.1 Å². The Kier molecular flexibility index (Phi) is 4.69. The third kappa shape index (κ3) is 3.28. The first-order chi connectivity index (χ1) is 9.91. The Balaban J connectivity index is 2.09. The van der Waals surface area contributed by atoms with E-state index in [2.05, 4.69) is 5.32 Å². The highest BCUT2D eigenvalue weighted by Gasteiger charge is 2.21. The molecule has 0 bridgehead atoms. The van der Waals surface area contributed by atoms with Gasteiger partial charge in [-0.05, 0) is 32.4 Å². The molecule has 6 nitrogen and oxygen atoms in total. The highest BCUT2D eigenvalue weighted by atomic mass is 16.5. The number of carbonyl (C=O) groups is 1. The van der Waals surface area contributed by atoms with Crippen LogP contribution >= 0.6 is 0 Å². The molecule has 0 radical (unpaired) electrons. The number of hydroxylamine groups is 1. The summed E-state index contributed by atoms with van der Waals surface area (Å²) in [5.74, 6) is 0.795. The van der Waals surface area contributed by atoms with Gasteiger partial charge in [0.15, 0.2) is 5.69 Å². The van der Waals surface area contributed by atoms with Crippen molar-refractivity contribution >= 4 is 11.7 Å². The van der Waals surface area contributed by atoms with E-state index < -0.39 is 0 Å². The van der Waals surface area contributed by atoms with Crippen LogP contribution in [0, 0.1) is 20.8 Å². The number of amides is 2. The summed E-state index contributed by atoms with van der Waals surface area (Å²) >= 11 is 0. The van der Waals surface area contributed by atoms with Crippen LogP contribution in [0.5, 0.6) is 5.75 Å². The number of carbonyl (C=O) groups excluding carboxylic acids is 1. The van der Waals surface area contributed by atoms with Crippen LogP contribution in [0.25, 0.3) is 0 Å². The summed E-state index contributed by atoms with van der Waals surface area (Å²) in [5.41, 5.74) is 3.87. The molecule has 0 aromatic heterocycles. The van der Waals surface area contributed by atoms with E-state index in [4.69, 9.17) is 4.74 Å². The van der Waals surface area contributed by atoms with Crippen molar-refractivity contribution in [2.45, 2.75) is 20.8 Å². The van der Waals surface area contributed by atoms with Crippen LogP contribution in [0.4, 0.5) is 10.5 Å². The molecule has 1 aliphatic rings. The Bertz CT molecular complexity index is 543. The molecule has 2 rings (SSSR count). The summed E-state index contributed by atoms with van der Waals surface area (Å²) in [6.07, 6.45) is 0. The van der Waals surface area contributed by atoms with Gasteiger partial charge in [-0.3, -0.25) is 0 Å². The molecule has 1 fully saturated rings. The molecule has 2 amide bonds. The SMILES string of the molecule is Cc1cc(C)c([NH+](C)O)c(C)c1OCCN1CCNC1=O. The van der Waals surface area contributed by atoms with Gasteiger partial charge in [-0.2, -0.15) is 5.06 Å². The summed E-state index contributed by atoms with van der Waals surface area (Å²) in [4.78, 5) is 13.2. The number of nitrogens with zero attached hydrogens (tertiary/aromatic N) is 1. The first kappa shape index (κ1) is 15.6. The lowest BCUT2D eigenvalue weighted by atomic mass is 10.0. The number of rotatable bonds is 5. The van der Waals surface area contributed by atoms with Crippen molar-refractivity contribution in [3.8, 4) is 5.75 Å². The lowest BCUT2D eigenvalue weighted by molar-refractivity contribution is -1.02. The molecule has 0 spiro atoms. The van der Waals surface area contributed by atoms with Gasteiger partial charge in [-0.1, -0.05) is 0 Å². The van der Waals surface area contributed by atoms with Crippen molar-refractivity contribution in [3.05, 3.63) is 22.8 Å². The molecule has 1 unspecified atom stereocenters. The van der Waals surface area contributed by atoms with E-state index in [-0.39, 0.29) is 6.03 Å². The van der Waals surface area contributed by atoms with E-state index >= 15 is 0 Å². The Morgan fingerprint density at radius 3 is 2.67 bits per heavy atom. The molecule has 1 aromatic rings. The second kappa shape index (κ2) is 6.32. The summed E-state index contributed by atoms with van der Waals surface area (Å²) in [5, 5.41) is 12.9. The maximum atomic E-state index is 11.5. The standard InChI is InChI=1S/C15H23N3O3/c1-10-9-11(2)14(12(3)13(10)17(4)20)21-8-7-18-6-5-16-15(18)19/h9,20H,5-8H2,1-4H3,(H,16,19)/p+1. The Morgan fingerprint density at radius 2 is 2.10 bits per heavy atom. The van der Waals surface area contributed by atoms with Crippen molar-refractivity contribution in [3.63, 3.8) is 0 Å². The summed E-state index contributed by atoms with van der Waals surface area (Å²) < 4.78 is 5.88. The number of hydrogen-bond donors (Lipinski definition) is 3. The average molecular weight is 294 g/mol. The zero-order chi connectivity index (χ0) is 15.6. The average Bonchev–Trinajstić information content (AvgIpc) is 2.78. The van der Waals surface area contributed by atoms with Crippen LogP contribution in [-0.4, -0.2) is 49.4 Å². The molecule has 1 saturated heterocycles. The number of ether oxygens (including phenoxy) is 1. The predicted octanol–water partition coefficient (Wildman–Crippen LogP) is 0.551. The fourth-order valence-electron chi connectivity index (χ4n) is 2.93. The second-order valence-electron chi connectivity index (χ2n) is 5.49. The normalized spacial score (nSPS) is 16.0. The molecule has 1 atom stereocenters. The number of aryl methyl sites for hydroxylation is 2. The molecule has 6 heteroatoms. The van der Waals surface area contributed by atoms with Gasteiger partial charge >= 0.3 is 6.03 Å². The number of benzene rings is 1. The number of quaternary nitrogens is 1. The van der Waals surface area contributed by atoms with Crippen LogP contribution in [0.2, 0.25) is 0 Å². The topological polar surface area (TPSA) is 66.2 Å². The van der Waals surface area contributed by atoms with E-state index in [0.29, 0.717) is 24.8 Å². The molecule has 0 aliphatic carbocycles. The Labute approximate surface area is 125 Å². The molecule has 0 saturated carbocycles. The first-order valence-electron chi connectivity index (χ1n) is 7.21. The van der Waals surface area contributed by atoms with Gasteiger partial charge in [0.25, 0.3) is 0 Å². The molecule has 1 aromatic carbocycles. The van der Waals surface area contributed by atoms with Gasteiger partial charge in [-0.15, -0.1) is 0 Å². The lowest BCUT2D eigenvalue weighted by Crippen LogP contribution is -3.01. The van der Waals surface area contributed by atoms with Crippen molar-refractivity contribution in [1.82, 2.24) is 10.2 Å². The zero-order valence-electron chi connectivity index (χ0n) is 13.1. The minimum Gasteiger partial charge on any atom is -0.491 e. The maximum absolute atomic E-state index is 11.5. The van der Waals surface area contributed by atoms with Crippen molar-refractivity contribution in [2.24, 2.45) is 0 Å². The van der Waals surface area contributed by atoms with E-state index in [1.807, 2.05) is 26.8 Å². The Hall–Kier alpha value is -1.79. The van der Waals surface area contributed by atoms with Gasteiger partial charge in [0.1, 0.15) is 19.4 Å². The summed E-state index contributed by atoms with van der Waals surface area (Å²) in [7, 11) is 1.68. The van der Waals surface area contributed by atoms with E-state index in [1.54, 1.807) is 11.9 Å². The second-order valence-corrected chi connectivity index (χ2v) is 5.49. The van der Waals surface area contributed by atoms with Crippen LogP contribution in [-0.2, 0) is 0 Å². The summed E-state index contributed by atoms with van der Waals surface area (Å²) in [6, 6.07) is 1.98. The van der Waals surface area contributed by atoms with Gasteiger partial charge in [0, 0.05) is 18.7 Å². The lowest BCUT2D eigenvalue weighted by Gasteiger charge is -2.19. The molecular formula is C15H24N3O3+. The molecule has 1 heterocycles. The van der Waals surface area contributed by atoms with Crippen molar-refractivity contribution in [2.75, 3.05) is 33.3 Å². The van der Waals surface area contributed by atoms with E-state index in [1.165, 1.54) is 0 Å². The maximum Gasteiger partial charge on any atom is 0.317 e. The fraction of sp³-hybridized carbons (Fsp3) is 0.533. The molecule has 3 N–H and O–H groups in total. The molecule has 1 aliphatic heterocycles. The van der Waals surface area contributed by atoms with Gasteiger partial charge in [0.05, 0.1) is 12.1 Å². The molecule has 116 valence electrons. The van der Waals surface area contributed by atoms with Gasteiger partial charge in [0.2, 0.25) is 0 Å². The van der Waals surface area contributed by atoms with Crippen molar-refractivity contribution < 1.29 is 19.8 Å². The fourth-order valence-corrected chi connectivity index (χ4v) is 2.93. The van der Waals surface area contributed by atoms with Crippen LogP contribution in [0.15, 0.2) is 6.07 Å². The number of hydrogen-bond acceptors (Lipinski definition) is 3. The number of urea groups is 1. The van der Waals surface area contributed by atoms with Gasteiger partial charge in [-0.25, -0.2) is 10.0 Å². The highest BCUT2D eigenvalue weighted by molar-refractivity contribution is 5.76. The minimum atomic E-state index is -0.0313. The van der Waals surface area contributed by atoms with E-state index in [0.717, 1.165) is 34.7 Å². The largest absolute Gasteiger partial charge is 0.491 e. The van der Waals surface area contributed by atoms with E-state index in [9.17, 15) is 10.0 Å². The highest BCUT2D eigenvalue weighted by Crippen LogP contribution is 2.30. The van der Waals surface area contributed by atoms with Crippen molar-refractivity contribution in [1.29, 1.82) is 0 Å². The summed E-state index contributed by atoms with van der Waals surface area (Å²) in [6.45, 7) is 8.36. The van der Waals surface area contributed by atoms with Crippen LogP contribution in [0.1, 0.15) is 16.7 Å². The number of nitrogens with one attached hydrogen (secondary N) is 2. The predicted molar refractivity (Wildman–Crippen MR) is 79.5 cm³/mol. The smallest absolute Gasteiger partial charge is 0.317 e. The van der Waals surface area contributed by atoms with Gasteiger partial charge < -0.3 is 15.0 Å². The third-order valence-electron chi connectivity index (χ3n) is 3.82.